The number of hydrogen-bond acceptors (Lipinski definition) is 1. The molecule has 0 aliphatic carbocycles. The zero-order valence-electron chi connectivity index (χ0n) is 8.64. The van der Waals surface area contributed by atoms with Crippen LogP contribution in [0.2, 0.25) is 0 Å². The standard InChI is InChI=1S/C11H16NOS/c1-4-10-14(13,12(2)3)11-8-6-5-7-9-11/h4-9H,1,10H2,2-3H3/q+1. The van der Waals surface area contributed by atoms with E-state index in [0.717, 1.165) is 4.90 Å². The number of nitrogens with zero attached hydrogens (tertiary/aromatic N) is 1. The summed E-state index contributed by atoms with van der Waals surface area (Å²) in [5.41, 5.74) is 0. The molecule has 1 atom stereocenters. The second-order valence-electron chi connectivity index (χ2n) is 3.22. The van der Waals surface area contributed by atoms with Crippen LogP contribution in [-0.2, 0) is 14.3 Å². The molecule has 1 aromatic rings. The maximum Gasteiger partial charge on any atom is 0.194 e. The zero-order valence-corrected chi connectivity index (χ0v) is 9.46. The van der Waals surface area contributed by atoms with Gasteiger partial charge in [0.2, 0.25) is 0 Å². The Hall–Kier alpha value is -0.930. The highest BCUT2D eigenvalue weighted by Gasteiger charge is 2.32. The normalized spacial score (nSPS) is 15.1. The first-order valence-electron chi connectivity index (χ1n) is 4.46. The second kappa shape index (κ2) is 4.53. The first-order chi connectivity index (χ1) is 6.61. The molecule has 1 rings (SSSR count). The fourth-order valence-corrected chi connectivity index (χ4v) is 3.06. The van der Waals surface area contributed by atoms with Crippen LogP contribution in [0.15, 0.2) is 47.9 Å². The fraction of sp³-hybridized carbons (Fsp3) is 0.273. The lowest BCUT2D eigenvalue weighted by Crippen LogP contribution is -2.31. The summed E-state index contributed by atoms with van der Waals surface area (Å²) in [5, 5.41) is 0. The van der Waals surface area contributed by atoms with Crippen molar-refractivity contribution in [3.63, 3.8) is 0 Å². The minimum Gasteiger partial charge on any atom is -0.126 e. The Balaban J connectivity index is 3.13. The number of hydrogen-bond donors (Lipinski definition) is 0. The van der Waals surface area contributed by atoms with E-state index < -0.39 is 10.1 Å². The van der Waals surface area contributed by atoms with Crippen LogP contribution in [0.25, 0.3) is 0 Å². The summed E-state index contributed by atoms with van der Waals surface area (Å²) >= 11 is 0. The number of rotatable bonds is 4. The molecule has 0 saturated heterocycles. The van der Waals surface area contributed by atoms with Crippen molar-refractivity contribution in [3.05, 3.63) is 43.0 Å². The maximum absolute atomic E-state index is 12.5. The van der Waals surface area contributed by atoms with Crippen LogP contribution in [0.4, 0.5) is 0 Å². The Kier molecular flexibility index (Phi) is 3.61. The Bertz CT molecular complexity index is 346. The summed E-state index contributed by atoms with van der Waals surface area (Å²) < 4.78 is 14.3. The third kappa shape index (κ3) is 2.11. The summed E-state index contributed by atoms with van der Waals surface area (Å²) in [6, 6.07) is 9.52. The minimum atomic E-state index is -2.12. The smallest absolute Gasteiger partial charge is 0.126 e. The van der Waals surface area contributed by atoms with Crippen molar-refractivity contribution in [2.24, 2.45) is 0 Å². The van der Waals surface area contributed by atoms with E-state index >= 15 is 0 Å². The molecule has 0 aliphatic rings. The van der Waals surface area contributed by atoms with Crippen molar-refractivity contribution in [2.45, 2.75) is 4.90 Å². The molecule has 1 unspecified atom stereocenters. The van der Waals surface area contributed by atoms with Crippen LogP contribution in [0, 0.1) is 0 Å². The van der Waals surface area contributed by atoms with Crippen molar-refractivity contribution in [1.29, 1.82) is 0 Å². The Morgan fingerprint density at radius 3 is 2.36 bits per heavy atom. The van der Waals surface area contributed by atoms with E-state index in [1.807, 2.05) is 44.4 Å². The van der Waals surface area contributed by atoms with Gasteiger partial charge < -0.3 is 0 Å². The van der Waals surface area contributed by atoms with Gasteiger partial charge in [-0.25, -0.2) is 0 Å². The Labute approximate surface area is 86.8 Å². The van der Waals surface area contributed by atoms with Gasteiger partial charge >= 0.3 is 0 Å². The van der Waals surface area contributed by atoms with Gasteiger partial charge in [0, 0.05) is 14.1 Å². The molecule has 0 amide bonds. The highest BCUT2D eigenvalue weighted by Crippen LogP contribution is 2.21. The predicted molar refractivity (Wildman–Crippen MR) is 61.5 cm³/mol. The molecule has 0 heterocycles. The average Bonchev–Trinajstić information content (AvgIpc) is 2.19. The lowest BCUT2D eigenvalue weighted by Gasteiger charge is -2.15. The molecule has 0 fully saturated rings. The molecule has 0 bridgehead atoms. The van der Waals surface area contributed by atoms with Crippen molar-refractivity contribution in [3.8, 4) is 0 Å². The third-order valence-electron chi connectivity index (χ3n) is 2.05. The van der Waals surface area contributed by atoms with Crippen molar-refractivity contribution in [1.82, 2.24) is 4.31 Å². The van der Waals surface area contributed by atoms with Gasteiger partial charge in [-0.05, 0) is 18.2 Å². The summed E-state index contributed by atoms with van der Waals surface area (Å²) in [7, 11) is 1.55. The molecular weight excluding hydrogens is 194 g/mol. The monoisotopic (exact) mass is 210 g/mol. The molecule has 3 heteroatoms. The molecule has 0 saturated carbocycles. The highest BCUT2D eigenvalue weighted by atomic mass is 32.3. The molecule has 0 N–H and O–H groups in total. The summed E-state index contributed by atoms with van der Waals surface area (Å²) in [4.78, 5) is 0.866. The van der Waals surface area contributed by atoms with Gasteiger partial charge in [0.25, 0.3) is 0 Å². The molecular formula is C11H16NOS+. The fourth-order valence-electron chi connectivity index (χ4n) is 1.25. The minimum absolute atomic E-state index is 0.490. The van der Waals surface area contributed by atoms with Gasteiger partial charge in [0.05, 0.1) is 0 Å². The molecule has 76 valence electrons. The molecule has 0 spiro atoms. The van der Waals surface area contributed by atoms with Crippen LogP contribution in [0.5, 0.6) is 0 Å². The molecule has 0 radical (unpaired) electrons. The summed E-state index contributed by atoms with van der Waals surface area (Å²) in [5.74, 6) is 0.490. The van der Waals surface area contributed by atoms with E-state index in [4.69, 9.17) is 0 Å². The lowest BCUT2D eigenvalue weighted by atomic mass is 10.4. The van der Waals surface area contributed by atoms with Gasteiger partial charge in [-0.1, -0.05) is 29.0 Å². The van der Waals surface area contributed by atoms with Gasteiger partial charge in [0.1, 0.15) is 0 Å². The zero-order chi connectivity index (χ0) is 10.6. The third-order valence-corrected chi connectivity index (χ3v) is 4.92. The van der Waals surface area contributed by atoms with Gasteiger partial charge in [0.15, 0.2) is 20.8 Å². The van der Waals surface area contributed by atoms with Crippen molar-refractivity contribution >= 4 is 10.1 Å². The SMILES string of the molecule is C=CC[S+](=O)(c1ccccc1)N(C)C. The lowest BCUT2D eigenvalue weighted by molar-refractivity contribution is 0.532. The first-order valence-corrected chi connectivity index (χ1v) is 6.15. The molecule has 2 nitrogen and oxygen atoms in total. The van der Waals surface area contributed by atoms with Crippen LogP contribution in [0.3, 0.4) is 0 Å². The quantitative estimate of drug-likeness (QED) is 0.551. The summed E-state index contributed by atoms with van der Waals surface area (Å²) in [6.45, 7) is 3.65. The first kappa shape index (κ1) is 11.1. The molecule has 0 aliphatic heterocycles. The predicted octanol–water partition coefficient (Wildman–Crippen LogP) is 2.21. The summed E-state index contributed by atoms with van der Waals surface area (Å²) in [6.07, 6.45) is 1.70. The van der Waals surface area contributed by atoms with Gasteiger partial charge in [-0.2, -0.15) is 0 Å². The van der Waals surface area contributed by atoms with E-state index in [1.54, 1.807) is 10.4 Å². The topological polar surface area (TPSA) is 20.3 Å². The molecule has 14 heavy (non-hydrogen) atoms. The van der Waals surface area contributed by atoms with E-state index in [-0.39, 0.29) is 0 Å². The second-order valence-corrected chi connectivity index (χ2v) is 6.04. The van der Waals surface area contributed by atoms with Crippen LogP contribution in [0.1, 0.15) is 0 Å². The molecule has 0 aromatic heterocycles. The largest absolute Gasteiger partial charge is 0.194 e. The van der Waals surface area contributed by atoms with Gasteiger partial charge in [-0.15, -0.1) is 4.31 Å². The average molecular weight is 210 g/mol. The van der Waals surface area contributed by atoms with E-state index in [1.165, 1.54) is 0 Å². The van der Waals surface area contributed by atoms with Crippen molar-refractivity contribution in [2.75, 3.05) is 19.8 Å². The van der Waals surface area contributed by atoms with E-state index in [0.29, 0.717) is 5.75 Å². The van der Waals surface area contributed by atoms with Crippen LogP contribution < -0.4 is 0 Å². The highest BCUT2D eigenvalue weighted by molar-refractivity contribution is 8.00. The molecule has 1 aromatic carbocycles. The van der Waals surface area contributed by atoms with E-state index in [2.05, 4.69) is 6.58 Å². The van der Waals surface area contributed by atoms with Crippen molar-refractivity contribution < 1.29 is 4.21 Å². The maximum atomic E-state index is 12.5. The van der Waals surface area contributed by atoms with E-state index in [9.17, 15) is 4.21 Å². The Morgan fingerprint density at radius 1 is 1.36 bits per heavy atom. The van der Waals surface area contributed by atoms with Crippen LogP contribution in [-0.4, -0.2) is 24.2 Å². The Morgan fingerprint density at radius 2 is 1.93 bits per heavy atom. The number of benzene rings is 1. The van der Waals surface area contributed by atoms with Crippen LogP contribution >= 0.6 is 0 Å². The van der Waals surface area contributed by atoms with Gasteiger partial charge in [-0.3, -0.25) is 0 Å².